The van der Waals surface area contributed by atoms with E-state index in [2.05, 4.69) is 21.2 Å². The van der Waals surface area contributed by atoms with Crippen LogP contribution in [0, 0.1) is 0 Å². The van der Waals surface area contributed by atoms with E-state index in [4.69, 9.17) is 27.9 Å². The lowest BCUT2D eigenvalue weighted by Gasteiger charge is -2.09. The maximum absolute atomic E-state index is 11.7. The van der Waals surface area contributed by atoms with Crippen molar-refractivity contribution in [2.45, 2.75) is 0 Å². The van der Waals surface area contributed by atoms with Gasteiger partial charge in [-0.05, 0) is 42.5 Å². The zero-order valence-electron chi connectivity index (χ0n) is 10.2. The molecule has 2 aromatic carbocycles. The first kappa shape index (κ1) is 15.2. The molecule has 0 bridgehead atoms. The van der Waals surface area contributed by atoms with Crippen molar-refractivity contribution in [3.63, 3.8) is 0 Å². The molecule has 0 atom stereocenters. The summed E-state index contributed by atoms with van der Waals surface area (Å²) < 4.78 is 6.21. The summed E-state index contributed by atoms with van der Waals surface area (Å²) in [7, 11) is 0. The van der Waals surface area contributed by atoms with Gasteiger partial charge in [-0.1, -0.05) is 39.1 Å². The summed E-state index contributed by atoms with van der Waals surface area (Å²) in [5.74, 6) is 0.187. The molecule has 20 heavy (non-hydrogen) atoms. The fourth-order valence-electron chi connectivity index (χ4n) is 1.47. The van der Waals surface area contributed by atoms with E-state index < -0.39 is 0 Å². The van der Waals surface area contributed by atoms with Crippen LogP contribution >= 0.6 is 39.1 Å². The van der Waals surface area contributed by atoms with Crippen LogP contribution < -0.4 is 10.1 Å². The molecular formula is C14H10BrCl2NO2. The molecule has 2 aromatic rings. The zero-order valence-corrected chi connectivity index (χ0v) is 13.3. The normalized spacial score (nSPS) is 10.2. The Balaban J connectivity index is 1.90. The number of carbonyl (C=O) groups is 1. The van der Waals surface area contributed by atoms with Gasteiger partial charge in [0.15, 0.2) is 6.61 Å². The van der Waals surface area contributed by atoms with Gasteiger partial charge in [0.05, 0.1) is 5.02 Å². The maximum atomic E-state index is 11.7. The van der Waals surface area contributed by atoms with Gasteiger partial charge in [-0.2, -0.15) is 0 Å². The number of carbonyl (C=O) groups excluding carboxylic acids is 1. The van der Waals surface area contributed by atoms with Crippen molar-refractivity contribution in [1.82, 2.24) is 0 Å². The van der Waals surface area contributed by atoms with E-state index in [1.54, 1.807) is 42.5 Å². The number of benzene rings is 2. The van der Waals surface area contributed by atoms with E-state index in [-0.39, 0.29) is 12.5 Å². The van der Waals surface area contributed by atoms with E-state index in [0.29, 0.717) is 21.5 Å². The van der Waals surface area contributed by atoms with E-state index in [1.807, 2.05) is 0 Å². The predicted octanol–water partition coefficient (Wildman–Crippen LogP) is 4.77. The number of amides is 1. The lowest BCUT2D eigenvalue weighted by Crippen LogP contribution is -2.20. The highest BCUT2D eigenvalue weighted by molar-refractivity contribution is 9.10. The second-order valence-corrected chi connectivity index (χ2v) is 5.68. The maximum Gasteiger partial charge on any atom is 0.262 e. The van der Waals surface area contributed by atoms with Gasteiger partial charge in [0.25, 0.3) is 5.91 Å². The molecule has 6 heteroatoms. The molecule has 0 saturated carbocycles. The van der Waals surface area contributed by atoms with Crippen molar-refractivity contribution >= 4 is 50.7 Å². The van der Waals surface area contributed by atoms with Crippen LogP contribution in [-0.2, 0) is 4.79 Å². The van der Waals surface area contributed by atoms with Gasteiger partial charge in [-0.25, -0.2) is 0 Å². The first-order valence-corrected chi connectivity index (χ1v) is 7.23. The van der Waals surface area contributed by atoms with Crippen molar-refractivity contribution in [1.29, 1.82) is 0 Å². The lowest BCUT2D eigenvalue weighted by molar-refractivity contribution is -0.118. The molecule has 1 N–H and O–H groups in total. The summed E-state index contributed by atoms with van der Waals surface area (Å²) in [6.07, 6.45) is 0. The van der Waals surface area contributed by atoms with Crippen molar-refractivity contribution in [2.24, 2.45) is 0 Å². The Hall–Kier alpha value is -1.23. The smallest absolute Gasteiger partial charge is 0.262 e. The molecule has 3 nitrogen and oxygen atoms in total. The molecule has 0 spiro atoms. The molecule has 0 radical (unpaired) electrons. The van der Waals surface area contributed by atoms with Crippen LogP contribution in [0.4, 0.5) is 5.69 Å². The van der Waals surface area contributed by atoms with Gasteiger partial charge in [-0.15, -0.1) is 0 Å². The topological polar surface area (TPSA) is 38.3 Å². The molecule has 0 saturated heterocycles. The molecule has 104 valence electrons. The SMILES string of the molecule is O=C(COc1ccc(Br)cc1Cl)Nc1ccc(Cl)cc1. The molecule has 0 aromatic heterocycles. The van der Waals surface area contributed by atoms with Gasteiger partial charge in [0.2, 0.25) is 0 Å². The van der Waals surface area contributed by atoms with Crippen LogP contribution in [0.3, 0.4) is 0 Å². The molecule has 0 heterocycles. The minimum absolute atomic E-state index is 0.121. The second-order valence-electron chi connectivity index (χ2n) is 3.92. The van der Waals surface area contributed by atoms with Crippen molar-refractivity contribution in [3.05, 3.63) is 57.0 Å². The summed E-state index contributed by atoms with van der Waals surface area (Å²) in [5, 5.41) is 3.75. The Morgan fingerprint density at radius 3 is 2.50 bits per heavy atom. The standard InChI is InChI=1S/C14H10BrCl2NO2/c15-9-1-6-13(12(17)7-9)20-8-14(19)18-11-4-2-10(16)3-5-11/h1-7H,8H2,(H,18,19). The fraction of sp³-hybridized carbons (Fsp3) is 0.0714. The molecule has 0 aliphatic heterocycles. The number of hydrogen-bond donors (Lipinski definition) is 1. The van der Waals surface area contributed by atoms with Gasteiger partial charge in [-0.3, -0.25) is 4.79 Å². The van der Waals surface area contributed by atoms with Crippen molar-refractivity contribution < 1.29 is 9.53 Å². The van der Waals surface area contributed by atoms with Gasteiger partial charge >= 0.3 is 0 Å². The van der Waals surface area contributed by atoms with Gasteiger partial charge in [0.1, 0.15) is 5.75 Å². The third kappa shape index (κ3) is 4.40. The van der Waals surface area contributed by atoms with E-state index in [9.17, 15) is 4.79 Å². The number of halogens is 3. The number of hydrogen-bond acceptors (Lipinski definition) is 2. The molecule has 0 fully saturated rings. The Labute approximate surface area is 135 Å². The quantitative estimate of drug-likeness (QED) is 0.836. The summed E-state index contributed by atoms with van der Waals surface area (Å²) in [5.41, 5.74) is 0.657. The summed E-state index contributed by atoms with van der Waals surface area (Å²) in [6, 6.07) is 12.0. The second kappa shape index (κ2) is 6.97. The first-order chi connectivity index (χ1) is 9.54. The number of ether oxygens (including phenoxy) is 1. The summed E-state index contributed by atoms with van der Waals surface area (Å²) in [4.78, 5) is 11.7. The Bertz CT molecular complexity index is 617. The monoisotopic (exact) mass is 373 g/mol. The molecule has 0 aliphatic carbocycles. The number of anilines is 1. The average Bonchev–Trinajstić information content (AvgIpc) is 2.40. The minimum atomic E-state index is -0.272. The first-order valence-electron chi connectivity index (χ1n) is 5.68. The van der Waals surface area contributed by atoms with E-state index >= 15 is 0 Å². The van der Waals surface area contributed by atoms with Crippen LogP contribution in [0.25, 0.3) is 0 Å². The lowest BCUT2D eigenvalue weighted by atomic mass is 10.3. The number of nitrogens with one attached hydrogen (secondary N) is 1. The van der Waals surface area contributed by atoms with E-state index in [1.165, 1.54) is 0 Å². The minimum Gasteiger partial charge on any atom is -0.482 e. The summed E-state index contributed by atoms with van der Waals surface area (Å²) >= 11 is 15.0. The van der Waals surface area contributed by atoms with Crippen LogP contribution in [0.5, 0.6) is 5.75 Å². The fourth-order valence-corrected chi connectivity index (χ4v) is 2.32. The van der Waals surface area contributed by atoms with Gasteiger partial charge < -0.3 is 10.1 Å². The average molecular weight is 375 g/mol. The van der Waals surface area contributed by atoms with Crippen LogP contribution in [0.2, 0.25) is 10.0 Å². The van der Waals surface area contributed by atoms with Gasteiger partial charge in [0, 0.05) is 15.2 Å². The van der Waals surface area contributed by atoms with E-state index in [0.717, 1.165) is 4.47 Å². The highest BCUT2D eigenvalue weighted by atomic mass is 79.9. The predicted molar refractivity (Wildman–Crippen MR) is 84.7 cm³/mol. The Morgan fingerprint density at radius 2 is 1.85 bits per heavy atom. The molecule has 0 unspecified atom stereocenters. The third-order valence-corrected chi connectivity index (χ3v) is 3.42. The number of rotatable bonds is 4. The van der Waals surface area contributed by atoms with Crippen molar-refractivity contribution in [3.8, 4) is 5.75 Å². The molecule has 1 amide bonds. The Kier molecular flexibility index (Phi) is 5.29. The van der Waals surface area contributed by atoms with Crippen LogP contribution in [0.1, 0.15) is 0 Å². The highest BCUT2D eigenvalue weighted by Gasteiger charge is 2.06. The molecule has 0 aliphatic rings. The van der Waals surface area contributed by atoms with Crippen LogP contribution in [0.15, 0.2) is 46.9 Å². The molecular weight excluding hydrogens is 365 g/mol. The largest absolute Gasteiger partial charge is 0.482 e. The van der Waals surface area contributed by atoms with Crippen molar-refractivity contribution in [2.75, 3.05) is 11.9 Å². The molecule has 2 rings (SSSR count). The third-order valence-electron chi connectivity index (χ3n) is 2.38. The Morgan fingerprint density at radius 1 is 1.15 bits per heavy atom. The highest BCUT2D eigenvalue weighted by Crippen LogP contribution is 2.27. The zero-order chi connectivity index (χ0) is 14.5. The summed E-state index contributed by atoms with van der Waals surface area (Å²) in [6.45, 7) is -0.121. The van der Waals surface area contributed by atoms with Crippen LogP contribution in [-0.4, -0.2) is 12.5 Å².